The molecule has 4 nitrogen and oxygen atoms in total. The van der Waals surface area contributed by atoms with Crippen molar-refractivity contribution < 1.29 is 14.7 Å². The van der Waals surface area contributed by atoms with Crippen molar-refractivity contribution in [2.75, 3.05) is 0 Å². The molecule has 25 heavy (non-hydrogen) atoms. The molecule has 124 valence electrons. The number of aromatic hydroxyl groups is 1. The second-order valence-electron chi connectivity index (χ2n) is 5.55. The predicted molar refractivity (Wildman–Crippen MR) is 95.6 cm³/mol. The molecule has 0 saturated carbocycles. The molecule has 0 heterocycles. The Labute approximate surface area is 145 Å². The number of carbonyl (C=O) groups excluding carboxylic acids is 2. The zero-order valence-corrected chi connectivity index (χ0v) is 13.5. The molecule has 0 aromatic heterocycles. The fraction of sp³-hybridized carbons (Fsp3) is 0.0476. The van der Waals surface area contributed by atoms with Crippen LogP contribution >= 0.6 is 0 Å². The lowest BCUT2D eigenvalue weighted by molar-refractivity contribution is 0.0939. The van der Waals surface area contributed by atoms with E-state index in [0.717, 1.165) is 0 Å². The Kier molecular flexibility index (Phi) is 4.90. The van der Waals surface area contributed by atoms with Crippen LogP contribution in [0.1, 0.15) is 31.8 Å². The average Bonchev–Trinajstić information content (AvgIpc) is 2.67. The van der Waals surface area contributed by atoms with Crippen molar-refractivity contribution in [3.05, 3.63) is 101 Å². The van der Waals surface area contributed by atoms with Gasteiger partial charge in [0.1, 0.15) is 5.75 Å². The van der Waals surface area contributed by atoms with Crippen LogP contribution in [-0.2, 0) is 6.54 Å². The van der Waals surface area contributed by atoms with Gasteiger partial charge in [-0.15, -0.1) is 0 Å². The highest BCUT2D eigenvalue weighted by Gasteiger charge is 2.17. The number of phenolic OH excluding ortho intramolecular Hbond substituents is 1. The Bertz CT molecular complexity index is 904. The van der Waals surface area contributed by atoms with Crippen molar-refractivity contribution in [2.45, 2.75) is 6.54 Å². The predicted octanol–water partition coefficient (Wildman–Crippen LogP) is 3.55. The SMILES string of the molecule is O=C(NCc1ccccc1O)c1ccccc1C(=O)c1ccccc1. The van der Waals surface area contributed by atoms with Gasteiger partial charge in [-0.25, -0.2) is 0 Å². The van der Waals surface area contributed by atoms with E-state index in [1.54, 1.807) is 72.8 Å². The molecule has 0 atom stereocenters. The van der Waals surface area contributed by atoms with Gasteiger partial charge in [0.15, 0.2) is 5.78 Å². The van der Waals surface area contributed by atoms with E-state index in [4.69, 9.17) is 0 Å². The van der Waals surface area contributed by atoms with Gasteiger partial charge in [-0.05, 0) is 12.1 Å². The molecule has 4 heteroatoms. The fourth-order valence-corrected chi connectivity index (χ4v) is 2.56. The molecule has 0 radical (unpaired) electrons. The van der Waals surface area contributed by atoms with E-state index in [2.05, 4.69) is 5.32 Å². The van der Waals surface area contributed by atoms with Crippen molar-refractivity contribution in [2.24, 2.45) is 0 Å². The maximum absolute atomic E-state index is 12.7. The van der Waals surface area contributed by atoms with E-state index in [1.807, 2.05) is 6.07 Å². The Morgan fingerprint density at radius 1 is 0.760 bits per heavy atom. The monoisotopic (exact) mass is 331 g/mol. The van der Waals surface area contributed by atoms with Crippen LogP contribution in [0.4, 0.5) is 0 Å². The summed E-state index contributed by atoms with van der Waals surface area (Å²) in [6.45, 7) is 0.180. The smallest absolute Gasteiger partial charge is 0.252 e. The zero-order valence-electron chi connectivity index (χ0n) is 13.5. The lowest BCUT2D eigenvalue weighted by atomic mass is 9.98. The quantitative estimate of drug-likeness (QED) is 0.703. The summed E-state index contributed by atoms with van der Waals surface area (Å²) >= 11 is 0. The first-order valence-electron chi connectivity index (χ1n) is 7.90. The third kappa shape index (κ3) is 3.75. The highest BCUT2D eigenvalue weighted by atomic mass is 16.3. The Balaban J connectivity index is 1.82. The summed E-state index contributed by atoms with van der Waals surface area (Å²) < 4.78 is 0. The number of benzene rings is 3. The van der Waals surface area contributed by atoms with Crippen molar-refractivity contribution in [3.8, 4) is 5.75 Å². The minimum absolute atomic E-state index is 0.122. The number of hydrogen-bond acceptors (Lipinski definition) is 3. The molecular weight excluding hydrogens is 314 g/mol. The van der Waals surface area contributed by atoms with Gasteiger partial charge in [0.25, 0.3) is 5.91 Å². The molecule has 3 aromatic carbocycles. The summed E-state index contributed by atoms with van der Waals surface area (Å²) in [5.41, 5.74) is 1.81. The molecule has 0 bridgehead atoms. The molecular formula is C21H17NO3. The second kappa shape index (κ2) is 7.45. The van der Waals surface area contributed by atoms with Gasteiger partial charge in [-0.1, -0.05) is 66.7 Å². The van der Waals surface area contributed by atoms with Gasteiger partial charge >= 0.3 is 0 Å². The highest BCUT2D eigenvalue weighted by Crippen LogP contribution is 2.17. The number of carbonyl (C=O) groups is 2. The van der Waals surface area contributed by atoms with Crippen LogP contribution in [0.15, 0.2) is 78.9 Å². The van der Waals surface area contributed by atoms with Crippen molar-refractivity contribution in [1.29, 1.82) is 0 Å². The van der Waals surface area contributed by atoms with E-state index >= 15 is 0 Å². The first kappa shape index (κ1) is 16.5. The second-order valence-corrected chi connectivity index (χ2v) is 5.55. The van der Waals surface area contributed by atoms with Crippen LogP contribution in [-0.4, -0.2) is 16.8 Å². The molecule has 3 aromatic rings. The lowest BCUT2D eigenvalue weighted by Gasteiger charge is -2.10. The number of amides is 1. The number of ketones is 1. The summed E-state index contributed by atoms with van der Waals surface area (Å²) in [7, 11) is 0. The van der Waals surface area contributed by atoms with E-state index in [-0.39, 0.29) is 24.0 Å². The third-order valence-corrected chi connectivity index (χ3v) is 3.88. The Morgan fingerprint density at radius 2 is 1.36 bits per heavy atom. The van der Waals surface area contributed by atoms with E-state index in [1.165, 1.54) is 0 Å². The van der Waals surface area contributed by atoms with Gasteiger partial charge in [0.05, 0.1) is 5.56 Å². The van der Waals surface area contributed by atoms with Crippen LogP contribution in [0, 0.1) is 0 Å². The highest BCUT2D eigenvalue weighted by molar-refractivity contribution is 6.15. The van der Waals surface area contributed by atoms with Gasteiger partial charge in [0, 0.05) is 23.2 Å². The van der Waals surface area contributed by atoms with E-state index < -0.39 is 0 Å². The summed E-state index contributed by atoms with van der Waals surface area (Å²) in [4.78, 5) is 25.2. The van der Waals surface area contributed by atoms with E-state index in [0.29, 0.717) is 22.3 Å². The molecule has 0 fully saturated rings. The number of para-hydroxylation sites is 1. The maximum atomic E-state index is 12.7. The zero-order chi connectivity index (χ0) is 17.6. The fourth-order valence-electron chi connectivity index (χ4n) is 2.56. The molecule has 0 aliphatic heterocycles. The van der Waals surface area contributed by atoms with Gasteiger partial charge in [0.2, 0.25) is 0 Å². The summed E-state index contributed by atoms with van der Waals surface area (Å²) in [5.74, 6) is -0.437. The number of rotatable bonds is 5. The number of nitrogens with one attached hydrogen (secondary N) is 1. The van der Waals surface area contributed by atoms with Crippen molar-refractivity contribution in [1.82, 2.24) is 5.32 Å². The molecule has 0 spiro atoms. The van der Waals surface area contributed by atoms with Crippen LogP contribution in [0.2, 0.25) is 0 Å². The normalized spacial score (nSPS) is 10.2. The van der Waals surface area contributed by atoms with Crippen LogP contribution in [0.25, 0.3) is 0 Å². The first-order valence-corrected chi connectivity index (χ1v) is 7.90. The maximum Gasteiger partial charge on any atom is 0.252 e. The standard InChI is InChI=1S/C21H17NO3/c23-19-13-7-4-10-16(19)14-22-21(25)18-12-6-5-11-17(18)20(24)15-8-2-1-3-9-15/h1-13,23H,14H2,(H,22,25). The molecule has 0 aliphatic rings. The molecule has 0 aliphatic carbocycles. The third-order valence-electron chi connectivity index (χ3n) is 3.88. The van der Waals surface area contributed by atoms with Gasteiger partial charge in [-0.3, -0.25) is 9.59 Å². The molecule has 3 rings (SSSR count). The summed E-state index contributed by atoms with van der Waals surface area (Å²) in [5, 5.41) is 12.5. The first-order chi connectivity index (χ1) is 12.2. The molecule has 2 N–H and O–H groups in total. The molecule has 0 unspecified atom stereocenters. The van der Waals surface area contributed by atoms with Crippen molar-refractivity contribution in [3.63, 3.8) is 0 Å². The van der Waals surface area contributed by atoms with Gasteiger partial charge < -0.3 is 10.4 Å². The summed E-state index contributed by atoms with van der Waals surface area (Å²) in [6, 6.07) is 22.4. The number of phenols is 1. The lowest BCUT2D eigenvalue weighted by Crippen LogP contribution is -2.25. The van der Waals surface area contributed by atoms with Gasteiger partial charge in [-0.2, -0.15) is 0 Å². The van der Waals surface area contributed by atoms with Crippen LogP contribution < -0.4 is 5.32 Å². The van der Waals surface area contributed by atoms with Crippen LogP contribution in [0.3, 0.4) is 0 Å². The Hall–Kier alpha value is -3.40. The summed E-state index contributed by atoms with van der Waals surface area (Å²) in [6.07, 6.45) is 0. The van der Waals surface area contributed by atoms with Crippen LogP contribution in [0.5, 0.6) is 5.75 Å². The Morgan fingerprint density at radius 3 is 2.08 bits per heavy atom. The average molecular weight is 331 g/mol. The minimum Gasteiger partial charge on any atom is -0.508 e. The molecule has 1 amide bonds. The minimum atomic E-state index is -0.358. The van der Waals surface area contributed by atoms with Crippen molar-refractivity contribution >= 4 is 11.7 Å². The van der Waals surface area contributed by atoms with E-state index in [9.17, 15) is 14.7 Å². The molecule has 0 saturated heterocycles. The number of hydrogen-bond donors (Lipinski definition) is 2. The topological polar surface area (TPSA) is 66.4 Å². The largest absolute Gasteiger partial charge is 0.508 e.